The van der Waals surface area contributed by atoms with Crippen molar-refractivity contribution in [3.63, 3.8) is 0 Å². The molecule has 0 fully saturated rings. The number of rotatable bonds is 6. The van der Waals surface area contributed by atoms with Gasteiger partial charge in [-0.3, -0.25) is 0 Å². The van der Waals surface area contributed by atoms with Gasteiger partial charge in [-0.25, -0.2) is 0 Å². The Hall–Kier alpha value is -3.31. The summed E-state index contributed by atoms with van der Waals surface area (Å²) in [5.74, 6) is 0.955. The van der Waals surface area contributed by atoms with E-state index in [-0.39, 0.29) is 5.92 Å². The van der Waals surface area contributed by atoms with Gasteiger partial charge in [0.2, 0.25) is 0 Å². The number of H-pyrrole nitrogens is 1. The van der Waals surface area contributed by atoms with Crippen LogP contribution in [0.3, 0.4) is 0 Å². The van der Waals surface area contributed by atoms with Crippen LogP contribution in [0.1, 0.15) is 17.0 Å². The Balaban J connectivity index is 1.54. The van der Waals surface area contributed by atoms with E-state index in [0.717, 1.165) is 17.0 Å². The third-order valence-electron chi connectivity index (χ3n) is 4.99. The molecule has 1 heterocycles. The number of hydrogen-bond acceptors (Lipinski definition) is 2. The van der Waals surface area contributed by atoms with Gasteiger partial charge in [-0.05, 0) is 41.5 Å². The Morgan fingerprint density at radius 1 is 1.00 bits per heavy atom. The first kappa shape index (κ1) is 19.0. The number of thiocarbonyl (C=S) groups is 1. The minimum atomic E-state index is 0.164. The molecule has 146 valence electrons. The fraction of sp³-hybridized carbons (Fsp3) is 0.125. The normalized spacial score (nSPS) is 11.8. The molecule has 3 N–H and O–H groups in total. The third-order valence-corrected chi connectivity index (χ3v) is 5.24. The fourth-order valence-electron chi connectivity index (χ4n) is 3.55. The quantitative estimate of drug-likeness (QED) is 0.384. The van der Waals surface area contributed by atoms with Crippen molar-refractivity contribution in [2.45, 2.75) is 5.92 Å². The molecule has 0 spiro atoms. The van der Waals surface area contributed by atoms with Gasteiger partial charge in [-0.1, -0.05) is 54.6 Å². The number of methoxy groups -OCH3 is 1. The minimum Gasteiger partial charge on any atom is -0.497 e. The van der Waals surface area contributed by atoms with Crippen molar-refractivity contribution in [1.29, 1.82) is 0 Å². The number of benzene rings is 3. The van der Waals surface area contributed by atoms with E-state index in [0.29, 0.717) is 11.7 Å². The van der Waals surface area contributed by atoms with E-state index in [1.807, 2.05) is 36.4 Å². The first-order valence-electron chi connectivity index (χ1n) is 9.54. The maximum Gasteiger partial charge on any atom is 0.170 e. The Morgan fingerprint density at radius 2 is 1.79 bits per heavy atom. The lowest BCUT2D eigenvalue weighted by Crippen LogP contribution is -2.32. The van der Waals surface area contributed by atoms with Crippen LogP contribution in [-0.2, 0) is 0 Å². The van der Waals surface area contributed by atoms with Gasteiger partial charge in [0.1, 0.15) is 5.75 Å². The van der Waals surface area contributed by atoms with Crippen LogP contribution in [0.4, 0.5) is 5.69 Å². The van der Waals surface area contributed by atoms with Gasteiger partial charge in [-0.15, -0.1) is 0 Å². The SMILES string of the molecule is COc1cccc(NC(=S)NC[C@@H](c2ccccc2)c2c[nH]c3ccccc23)c1. The number of aromatic nitrogens is 1. The summed E-state index contributed by atoms with van der Waals surface area (Å²) in [5, 5.41) is 8.44. The second-order valence-electron chi connectivity index (χ2n) is 6.82. The summed E-state index contributed by atoms with van der Waals surface area (Å²) in [6.07, 6.45) is 2.10. The summed E-state index contributed by atoms with van der Waals surface area (Å²) in [6.45, 7) is 0.682. The molecular weight excluding hydrogens is 378 g/mol. The highest BCUT2D eigenvalue weighted by molar-refractivity contribution is 7.80. The maximum absolute atomic E-state index is 5.54. The van der Waals surface area contributed by atoms with Crippen molar-refractivity contribution in [3.8, 4) is 5.75 Å². The molecule has 0 aliphatic carbocycles. The lowest BCUT2D eigenvalue weighted by molar-refractivity contribution is 0.415. The number of hydrogen-bond donors (Lipinski definition) is 3. The molecule has 0 aliphatic rings. The van der Waals surface area contributed by atoms with Crippen LogP contribution < -0.4 is 15.4 Å². The predicted molar refractivity (Wildman–Crippen MR) is 124 cm³/mol. The van der Waals surface area contributed by atoms with Gasteiger partial charge in [0.05, 0.1) is 7.11 Å². The summed E-state index contributed by atoms with van der Waals surface area (Å²) < 4.78 is 5.28. The first-order chi connectivity index (χ1) is 14.2. The van der Waals surface area contributed by atoms with Crippen LogP contribution >= 0.6 is 12.2 Å². The summed E-state index contributed by atoms with van der Waals surface area (Å²) >= 11 is 5.54. The summed E-state index contributed by atoms with van der Waals surface area (Å²) in [4.78, 5) is 3.39. The van der Waals surface area contributed by atoms with E-state index in [1.165, 1.54) is 16.5 Å². The summed E-state index contributed by atoms with van der Waals surface area (Å²) in [5.41, 5.74) is 4.53. The predicted octanol–water partition coefficient (Wildman–Crippen LogP) is 5.30. The van der Waals surface area contributed by atoms with Crippen LogP contribution in [0.15, 0.2) is 85.1 Å². The molecule has 0 saturated heterocycles. The molecule has 4 nitrogen and oxygen atoms in total. The van der Waals surface area contributed by atoms with Gasteiger partial charge in [0, 0.05) is 41.3 Å². The van der Waals surface area contributed by atoms with Crippen LogP contribution in [0.25, 0.3) is 10.9 Å². The average molecular weight is 402 g/mol. The number of fused-ring (bicyclic) bond motifs is 1. The van der Waals surface area contributed by atoms with Crippen LogP contribution in [0.2, 0.25) is 0 Å². The number of ether oxygens (including phenoxy) is 1. The minimum absolute atomic E-state index is 0.164. The van der Waals surface area contributed by atoms with Gasteiger partial charge < -0.3 is 20.4 Å². The molecule has 29 heavy (non-hydrogen) atoms. The highest BCUT2D eigenvalue weighted by Gasteiger charge is 2.18. The lowest BCUT2D eigenvalue weighted by atomic mass is 9.91. The fourth-order valence-corrected chi connectivity index (χ4v) is 3.75. The standard InChI is InChI=1S/C24H23N3OS/c1-28-19-11-7-10-18(14-19)27-24(29)26-15-21(17-8-3-2-4-9-17)22-16-25-23-13-6-5-12-20(22)23/h2-14,16,21,25H,15H2,1H3,(H2,26,27,29)/t21-/m0/s1. The van der Waals surface area contributed by atoms with E-state index >= 15 is 0 Å². The molecule has 0 unspecified atom stereocenters. The van der Waals surface area contributed by atoms with Gasteiger partial charge >= 0.3 is 0 Å². The van der Waals surface area contributed by atoms with Crippen LogP contribution in [-0.4, -0.2) is 23.8 Å². The second-order valence-corrected chi connectivity index (χ2v) is 7.23. The average Bonchev–Trinajstić information content (AvgIpc) is 3.19. The molecule has 1 atom stereocenters. The second kappa shape index (κ2) is 8.80. The molecule has 4 rings (SSSR count). The third kappa shape index (κ3) is 4.41. The van der Waals surface area contributed by atoms with E-state index in [1.54, 1.807) is 7.11 Å². The van der Waals surface area contributed by atoms with Crippen molar-refractivity contribution in [2.24, 2.45) is 0 Å². The number of aromatic amines is 1. The Kier molecular flexibility index (Phi) is 5.77. The highest BCUT2D eigenvalue weighted by atomic mass is 32.1. The Morgan fingerprint density at radius 3 is 2.62 bits per heavy atom. The number of anilines is 1. The van der Waals surface area contributed by atoms with Crippen molar-refractivity contribution in [2.75, 3.05) is 19.0 Å². The van der Waals surface area contributed by atoms with Gasteiger partial charge in [0.15, 0.2) is 5.11 Å². The lowest BCUT2D eigenvalue weighted by Gasteiger charge is -2.20. The largest absolute Gasteiger partial charge is 0.497 e. The molecule has 3 aromatic carbocycles. The molecule has 1 aromatic heterocycles. The highest BCUT2D eigenvalue weighted by Crippen LogP contribution is 2.30. The molecular formula is C24H23N3OS. The van der Waals surface area contributed by atoms with E-state index in [2.05, 4.69) is 64.3 Å². The first-order valence-corrected chi connectivity index (χ1v) is 9.95. The molecule has 0 saturated carbocycles. The monoisotopic (exact) mass is 401 g/mol. The van der Waals surface area contributed by atoms with E-state index < -0.39 is 0 Å². The van der Waals surface area contributed by atoms with Crippen molar-refractivity contribution < 1.29 is 4.74 Å². The van der Waals surface area contributed by atoms with E-state index in [9.17, 15) is 0 Å². The zero-order valence-electron chi connectivity index (χ0n) is 16.2. The Bertz CT molecular complexity index is 1110. The number of para-hydroxylation sites is 1. The van der Waals surface area contributed by atoms with Crippen molar-refractivity contribution in [1.82, 2.24) is 10.3 Å². The molecule has 4 aromatic rings. The van der Waals surface area contributed by atoms with Crippen molar-refractivity contribution >= 4 is 33.9 Å². The molecule has 0 amide bonds. The molecule has 0 aliphatic heterocycles. The molecule has 0 radical (unpaired) electrons. The molecule has 5 heteroatoms. The van der Waals surface area contributed by atoms with Crippen LogP contribution in [0, 0.1) is 0 Å². The smallest absolute Gasteiger partial charge is 0.170 e. The van der Waals surface area contributed by atoms with Crippen LogP contribution in [0.5, 0.6) is 5.75 Å². The van der Waals surface area contributed by atoms with Crippen molar-refractivity contribution in [3.05, 3.63) is 96.2 Å². The summed E-state index contributed by atoms with van der Waals surface area (Å²) in [6, 6.07) is 26.6. The summed E-state index contributed by atoms with van der Waals surface area (Å²) in [7, 11) is 1.65. The number of nitrogens with one attached hydrogen (secondary N) is 3. The van der Waals surface area contributed by atoms with Gasteiger partial charge in [0.25, 0.3) is 0 Å². The Labute approximate surface area is 175 Å². The van der Waals surface area contributed by atoms with Gasteiger partial charge in [-0.2, -0.15) is 0 Å². The zero-order valence-corrected chi connectivity index (χ0v) is 17.0. The maximum atomic E-state index is 5.54. The van der Waals surface area contributed by atoms with E-state index in [4.69, 9.17) is 17.0 Å². The molecule has 0 bridgehead atoms. The topological polar surface area (TPSA) is 49.1 Å². The zero-order chi connectivity index (χ0) is 20.1.